The number of hydrogen-bond acceptors (Lipinski definition) is 2. The summed E-state index contributed by atoms with van der Waals surface area (Å²) in [5, 5.41) is 5.80. The zero-order valence-electron chi connectivity index (χ0n) is 11.6. The minimum atomic E-state index is 0.321. The fraction of sp³-hybridized carbons (Fsp3) is 0.375. The van der Waals surface area contributed by atoms with E-state index in [1.807, 2.05) is 11.3 Å². The van der Waals surface area contributed by atoms with Crippen molar-refractivity contribution in [2.24, 2.45) is 0 Å². The van der Waals surface area contributed by atoms with Crippen LogP contribution in [0.4, 0.5) is 0 Å². The van der Waals surface area contributed by atoms with Crippen LogP contribution in [0.15, 0.2) is 29.6 Å². The smallest absolute Gasteiger partial charge is 0.0590 e. The van der Waals surface area contributed by atoms with E-state index in [0.717, 1.165) is 6.54 Å². The number of aryl methyl sites for hydroxylation is 2. The van der Waals surface area contributed by atoms with Gasteiger partial charge in [0, 0.05) is 4.88 Å². The van der Waals surface area contributed by atoms with Gasteiger partial charge in [-0.3, -0.25) is 0 Å². The van der Waals surface area contributed by atoms with Gasteiger partial charge in [0.05, 0.1) is 6.04 Å². The van der Waals surface area contributed by atoms with Gasteiger partial charge >= 0.3 is 0 Å². The van der Waals surface area contributed by atoms with Crippen LogP contribution in [-0.2, 0) is 0 Å². The maximum Gasteiger partial charge on any atom is 0.0590 e. The Hall–Kier alpha value is -1.12. The molecular formula is C16H21NS. The van der Waals surface area contributed by atoms with Crippen molar-refractivity contribution >= 4 is 11.3 Å². The lowest BCUT2D eigenvalue weighted by Gasteiger charge is -2.21. The normalized spacial score (nSPS) is 12.7. The zero-order chi connectivity index (χ0) is 13.1. The van der Waals surface area contributed by atoms with Crippen LogP contribution in [0.5, 0.6) is 0 Å². The highest BCUT2D eigenvalue weighted by atomic mass is 32.1. The molecule has 0 saturated heterocycles. The van der Waals surface area contributed by atoms with E-state index in [-0.39, 0.29) is 0 Å². The van der Waals surface area contributed by atoms with Gasteiger partial charge in [0.2, 0.25) is 0 Å². The Morgan fingerprint density at radius 1 is 1.11 bits per heavy atom. The van der Waals surface area contributed by atoms with Crippen LogP contribution >= 0.6 is 11.3 Å². The van der Waals surface area contributed by atoms with Gasteiger partial charge in [0.25, 0.3) is 0 Å². The summed E-state index contributed by atoms with van der Waals surface area (Å²) in [6.45, 7) is 9.75. The van der Waals surface area contributed by atoms with E-state index >= 15 is 0 Å². The molecule has 1 nitrogen and oxygen atoms in total. The van der Waals surface area contributed by atoms with E-state index in [1.54, 1.807) is 0 Å². The van der Waals surface area contributed by atoms with Gasteiger partial charge in [0.1, 0.15) is 0 Å². The largest absolute Gasteiger partial charge is 0.306 e. The third-order valence-electron chi connectivity index (χ3n) is 3.58. The van der Waals surface area contributed by atoms with Gasteiger partial charge in [-0.1, -0.05) is 25.1 Å². The summed E-state index contributed by atoms with van der Waals surface area (Å²) in [6.07, 6.45) is 0. The SMILES string of the molecule is CCNC(c1ccsc1C)c1cccc(C)c1C. The molecule has 0 aliphatic rings. The molecule has 0 bridgehead atoms. The number of benzene rings is 1. The molecule has 0 aliphatic heterocycles. The lowest BCUT2D eigenvalue weighted by atomic mass is 9.93. The Kier molecular flexibility index (Phi) is 4.20. The van der Waals surface area contributed by atoms with E-state index in [4.69, 9.17) is 0 Å². The van der Waals surface area contributed by atoms with E-state index in [2.05, 4.69) is 62.7 Å². The highest BCUT2D eigenvalue weighted by Gasteiger charge is 2.18. The monoisotopic (exact) mass is 259 g/mol. The minimum absolute atomic E-state index is 0.321. The fourth-order valence-corrected chi connectivity index (χ4v) is 3.11. The molecule has 0 amide bonds. The molecule has 0 spiro atoms. The third-order valence-corrected chi connectivity index (χ3v) is 4.44. The van der Waals surface area contributed by atoms with Gasteiger partial charge < -0.3 is 5.32 Å². The van der Waals surface area contributed by atoms with Gasteiger partial charge in [-0.2, -0.15) is 0 Å². The van der Waals surface area contributed by atoms with Crippen LogP contribution in [0.25, 0.3) is 0 Å². The molecule has 1 N–H and O–H groups in total. The van der Waals surface area contributed by atoms with Crippen molar-refractivity contribution in [1.29, 1.82) is 0 Å². The van der Waals surface area contributed by atoms with Crippen LogP contribution < -0.4 is 5.32 Å². The van der Waals surface area contributed by atoms with Crippen molar-refractivity contribution in [3.63, 3.8) is 0 Å². The van der Waals surface area contributed by atoms with Gasteiger partial charge in [0.15, 0.2) is 0 Å². The predicted octanol–water partition coefficient (Wildman–Crippen LogP) is 4.37. The molecule has 96 valence electrons. The lowest BCUT2D eigenvalue weighted by molar-refractivity contribution is 0.626. The molecular weight excluding hydrogens is 238 g/mol. The average Bonchev–Trinajstić information content (AvgIpc) is 2.76. The molecule has 2 rings (SSSR count). The number of rotatable bonds is 4. The Balaban J connectivity index is 2.48. The number of hydrogen-bond donors (Lipinski definition) is 1. The quantitative estimate of drug-likeness (QED) is 0.859. The van der Waals surface area contributed by atoms with Crippen LogP contribution in [0.3, 0.4) is 0 Å². The van der Waals surface area contributed by atoms with E-state index < -0.39 is 0 Å². The first-order chi connectivity index (χ1) is 8.65. The second-order valence-electron chi connectivity index (χ2n) is 4.71. The summed E-state index contributed by atoms with van der Waals surface area (Å²) in [5.41, 5.74) is 5.58. The molecule has 1 aromatic heterocycles. The fourth-order valence-electron chi connectivity index (χ4n) is 2.37. The van der Waals surface area contributed by atoms with Crippen LogP contribution in [0, 0.1) is 20.8 Å². The average molecular weight is 259 g/mol. The van der Waals surface area contributed by atoms with E-state index in [9.17, 15) is 0 Å². The third kappa shape index (κ3) is 2.50. The summed E-state index contributed by atoms with van der Waals surface area (Å²) in [5.74, 6) is 0. The van der Waals surface area contributed by atoms with Crippen LogP contribution in [0.1, 0.15) is 40.1 Å². The molecule has 18 heavy (non-hydrogen) atoms. The molecule has 2 heteroatoms. The first-order valence-corrected chi connectivity index (χ1v) is 7.36. The highest BCUT2D eigenvalue weighted by molar-refractivity contribution is 7.10. The number of thiophene rings is 1. The molecule has 0 radical (unpaired) electrons. The molecule has 1 atom stereocenters. The Labute approximate surface area is 114 Å². The summed E-state index contributed by atoms with van der Waals surface area (Å²) in [6, 6.07) is 9.15. The van der Waals surface area contributed by atoms with Gasteiger partial charge in [-0.05, 0) is 61.0 Å². The van der Waals surface area contributed by atoms with Crippen molar-refractivity contribution in [2.75, 3.05) is 6.54 Å². The lowest BCUT2D eigenvalue weighted by Crippen LogP contribution is -2.23. The van der Waals surface area contributed by atoms with Crippen LogP contribution in [0.2, 0.25) is 0 Å². The first-order valence-electron chi connectivity index (χ1n) is 6.48. The molecule has 1 unspecified atom stereocenters. The van der Waals surface area contributed by atoms with Crippen molar-refractivity contribution in [3.8, 4) is 0 Å². The molecule has 2 aromatic rings. The summed E-state index contributed by atoms with van der Waals surface area (Å²) in [7, 11) is 0. The van der Waals surface area contributed by atoms with Gasteiger partial charge in [-0.25, -0.2) is 0 Å². The second-order valence-corrected chi connectivity index (χ2v) is 5.83. The summed E-state index contributed by atoms with van der Waals surface area (Å²) >= 11 is 1.82. The Morgan fingerprint density at radius 2 is 1.89 bits per heavy atom. The van der Waals surface area contributed by atoms with E-state index in [1.165, 1.54) is 27.1 Å². The molecule has 0 saturated carbocycles. The van der Waals surface area contributed by atoms with E-state index in [0.29, 0.717) is 6.04 Å². The minimum Gasteiger partial charge on any atom is -0.306 e. The highest BCUT2D eigenvalue weighted by Crippen LogP contribution is 2.30. The standard InChI is InChI=1S/C16H21NS/c1-5-17-16(15-9-10-18-13(15)4)14-8-6-7-11(2)12(14)3/h6-10,16-17H,5H2,1-4H3. The topological polar surface area (TPSA) is 12.0 Å². The molecule has 1 aromatic carbocycles. The first kappa shape index (κ1) is 13.3. The maximum absolute atomic E-state index is 3.62. The predicted molar refractivity (Wildman–Crippen MR) is 80.5 cm³/mol. The molecule has 0 aliphatic carbocycles. The van der Waals surface area contributed by atoms with Crippen molar-refractivity contribution in [2.45, 2.75) is 33.7 Å². The summed E-state index contributed by atoms with van der Waals surface area (Å²) in [4.78, 5) is 1.40. The number of nitrogens with one attached hydrogen (secondary N) is 1. The second kappa shape index (κ2) is 5.68. The zero-order valence-corrected chi connectivity index (χ0v) is 12.4. The van der Waals surface area contributed by atoms with Crippen LogP contribution in [-0.4, -0.2) is 6.54 Å². The summed E-state index contributed by atoms with van der Waals surface area (Å²) < 4.78 is 0. The Bertz CT molecular complexity index is 528. The molecule has 0 fully saturated rings. The van der Waals surface area contributed by atoms with Crippen molar-refractivity contribution in [3.05, 3.63) is 56.8 Å². The molecule has 1 heterocycles. The Morgan fingerprint density at radius 3 is 2.50 bits per heavy atom. The van der Waals surface area contributed by atoms with Crippen molar-refractivity contribution in [1.82, 2.24) is 5.32 Å². The maximum atomic E-state index is 3.62. The van der Waals surface area contributed by atoms with Crippen molar-refractivity contribution < 1.29 is 0 Å². The van der Waals surface area contributed by atoms with Gasteiger partial charge in [-0.15, -0.1) is 11.3 Å².